The Bertz CT molecular complexity index is 1170. The van der Waals surface area contributed by atoms with E-state index in [9.17, 15) is 18.0 Å². The van der Waals surface area contributed by atoms with Crippen molar-refractivity contribution in [1.29, 1.82) is 0 Å². The van der Waals surface area contributed by atoms with Crippen molar-refractivity contribution in [2.75, 3.05) is 32.4 Å². The van der Waals surface area contributed by atoms with Crippen LogP contribution in [0.4, 0.5) is 0 Å². The molecule has 1 aromatic carbocycles. The van der Waals surface area contributed by atoms with Crippen molar-refractivity contribution in [2.45, 2.75) is 51.6 Å². The summed E-state index contributed by atoms with van der Waals surface area (Å²) in [4.78, 5) is 33.2. The molecule has 0 saturated carbocycles. The van der Waals surface area contributed by atoms with E-state index in [0.29, 0.717) is 30.6 Å². The number of aromatic nitrogens is 3. The van der Waals surface area contributed by atoms with Crippen LogP contribution < -0.4 is 4.72 Å². The number of halogens is 1. The van der Waals surface area contributed by atoms with Crippen LogP contribution in [-0.2, 0) is 32.6 Å². The molecule has 0 radical (unpaired) electrons. The molecule has 1 atom stereocenters. The molecule has 37 heavy (non-hydrogen) atoms. The maximum absolute atomic E-state index is 13.6. The monoisotopic (exact) mass is 550 g/mol. The summed E-state index contributed by atoms with van der Waals surface area (Å²) in [5, 5.41) is 4.92. The minimum atomic E-state index is -3.60. The predicted octanol–water partition coefficient (Wildman–Crippen LogP) is 1.96. The third-order valence-electron chi connectivity index (χ3n) is 7.83. The molecule has 0 aliphatic carbocycles. The molecule has 1 aromatic heterocycles. The Kier molecular flexibility index (Phi) is 8.55. The highest BCUT2D eigenvalue weighted by atomic mass is 35.5. The Morgan fingerprint density at radius 3 is 2.30 bits per heavy atom. The van der Waals surface area contributed by atoms with Gasteiger partial charge in [-0.1, -0.05) is 23.7 Å². The van der Waals surface area contributed by atoms with Gasteiger partial charge in [0.05, 0.1) is 6.26 Å². The molecular formula is C25H35ClN6O4S. The van der Waals surface area contributed by atoms with E-state index in [2.05, 4.69) is 14.8 Å². The lowest BCUT2D eigenvalue weighted by molar-refractivity contribution is -0.138. The third-order valence-corrected chi connectivity index (χ3v) is 8.79. The summed E-state index contributed by atoms with van der Waals surface area (Å²) in [6.07, 6.45) is 7.94. The molecule has 2 aliphatic heterocycles. The number of carbonyl (C=O) groups is 2. The molecule has 4 rings (SSSR count). The fourth-order valence-corrected chi connectivity index (χ4v) is 6.65. The maximum Gasteiger partial charge on any atom is 0.241 e. The van der Waals surface area contributed by atoms with Gasteiger partial charge in [0.1, 0.15) is 18.7 Å². The first-order valence-corrected chi connectivity index (χ1v) is 14.9. The zero-order valence-corrected chi connectivity index (χ0v) is 22.9. The quantitative estimate of drug-likeness (QED) is 0.537. The van der Waals surface area contributed by atoms with Gasteiger partial charge < -0.3 is 9.80 Å². The van der Waals surface area contributed by atoms with Gasteiger partial charge in [-0.05, 0) is 61.1 Å². The fraction of sp³-hybridized carbons (Fsp3) is 0.600. The minimum Gasteiger partial charge on any atom is -0.343 e. The molecule has 202 valence electrons. The highest BCUT2D eigenvalue weighted by Crippen LogP contribution is 2.45. The summed E-state index contributed by atoms with van der Waals surface area (Å²) in [6, 6.07) is 6.18. The molecule has 2 fully saturated rings. The summed E-state index contributed by atoms with van der Waals surface area (Å²) in [5.41, 5.74) is 0.747. The maximum atomic E-state index is 13.6. The van der Waals surface area contributed by atoms with Crippen molar-refractivity contribution in [2.24, 2.45) is 11.3 Å². The Morgan fingerprint density at radius 2 is 1.76 bits per heavy atom. The van der Waals surface area contributed by atoms with Crippen molar-refractivity contribution in [1.82, 2.24) is 29.3 Å². The van der Waals surface area contributed by atoms with Gasteiger partial charge >= 0.3 is 0 Å². The number of piperidine rings is 2. The number of sulfonamides is 1. The number of nitrogens with one attached hydrogen (secondary N) is 1. The first kappa shape index (κ1) is 27.5. The second kappa shape index (κ2) is 11.5. The molecule has 2 amide bonds. The number of rotatable bonds is 8. The van der Waals surface area contributed by atoms with Crippen LogP contribution in [-0.4, -0.2) is 83.3 Å². The van der Waals surface area contributed by atoms with E-state index in [-0.39, 0.29) is 23.7 Å². The molecular weight excluding hydrogens is 516 g/mol. The van der Waals surface area contributed by atoms with Crippen LogP contribution in [0.3, 0.4) is 0 Å². The zero-order valence-electron chi connectivity index (χ0n) is 21.3. The van der Waals surface area contributed by atoms with Crippen molar-refractivity contribution in [3.05, 3.63) is 47.5 Å². The van der Waals surface area contributed by atoms with Gasteiger partial charge in [-0.2, -0.15) is 5.10 Å². The van der Waals surface area contributed by atoms with E-state index in [1.807, 2.05) is 9.58 Å². The highest BCUT2D eigenvalue weighted by Gasteiger charge is 2.44. The van der Waals surface area contributed by atoms with Crippen LogP contribution in [0.25, 0.3) is 0 Å². The van der Waals surface area contributed by atoms with E-state index in [0.717, 1.165) is 50.6 Å². The van der Waals surface area contributed by atoms with E-state index in [1.165, 1.54) is 6.33 Å². The Hall–Kier alpha value is -2.50. The third kappa shape index (κ3) is 7.08. The Balaban J connectivity index is 1.48. The van der Waals surface area contributed by atoms with Gasteiger partial charge in [0.15, 0.2) is 0 Å². The summed E-state index contributed by atoms with van der Waals surface area (Å²) in [7, 11) is -3.60. The number of hydrogen-bond acceptors (Lipinski definition) is 6. The molecule has 0 unspecified atom stereocenters. The average molecular weight is 551 g/mol. The predicted molar refractivity (Wildman–Crippen MR) is 140 cm³/mol. The lowest BCUT2D eigenvalue weighted by Crippen LogP contribution is -2.55. The standard InChI is InChI=1S/C25H35ClN6O4S/c1-19(33)30-11-7-21(8-12-30)25(16-32-18-27-17-28-32)9-13-31(14-10-25)24(34)23(29-37(2,35)36)15-20-3-5-22(26)6-4-20/h3-6,17-18,21,23,29H,7-16H2,1-2H3/t23-/m0/s1. The van der Waals surface area contributed by atoms with Crippen LogP contribution in [0, 0.1) is 11.3 Å². The molecule has 1 N–H and O–H groups in total. The topological polar surface area (TPSA) is 118 Å². The minimum absolute atomic E-state index is 0.0801. The number of benzene rings is 1. The Morgan fingerprint density at radius 1 is 1.11 bits per heavy atom. The number of carbonyl (C=O) groups excluding carboxylic acids is 2. The van der Waals surface area contributed by atoms with Crippen molar-refractivity contribution in [3.8, 4) is 0 Å². The first-order chi connectivity index (χ1) is 17.5. The lowest BCUT2D eigenvalue weighted by Gasteiger charge is -2.49. The molecule has 2 aromatic rings. The van der Waals surface area contributed by atoms with Crippen LogP contribution in [0.15, 0.2) is 36.9 Å². The molecule has 0 bridgehead atoms. The van der Waals surface area contributed by atoms with Crippen LogP contribution in [0.1, 0.15) is 38.2 Å². The number of likely N-dealkylation sites (tertiary alicyclic amines) is 2. The number of amides is 2. The van der Waals surface area contributed by atoms with Gasteiger partial charge in [-0.3, -0.25) is 14.3 Å². The van der Waals surface area contributed by atoms with E-state index < -0.39 is 16.1 Å². The molecule has 10 nitrogen and oxygen atoms in total. The molecule has 0 spiro atoms. The van der Waals surface area contributed by atoms with Crippen molar-refractivity contribution < 1.29 is 18.0 Å². The van der Waals surface area contributed by atoms with E-state index >= 15 is 0 Å². The molecule has 2 saturated heterocycles. The normalized spacial score (nSPS) is 19.5. The number of hydrogen-bond donors (Lipinski definition) is 1. The van der Waals surface area contributed by atoms with Crippen molar-refractivity contribution >= 4 is 33.4 Å². The first-order valence-electron chi connectivity index (χ1n) is 12.6. The van der Waals surface area contributed by atoms with Gasteiger partial charge in [-0.15, -0.1) is 0 Å². The molecule has 3 heterocycles. The van der Waals surface area contributed by atoms with Gasteiger partial charge in [0.25, 0.3) is 0 Å². The Labute approximate surface area is 223 Å². The highest BCUT2D eigenvalue weighted by molar-refractivity contribution is 7.88. The molecule has 12 heteroatoms. The average Bonchev–Trinajstić information content (AvgIpc) is 3.37. The summed E-state index contributed by atoms with van der Waals surface area (Å²) >= 11 is 5.99. The largest absolute Gasteiger partial charge is 0.343 e. The zero-order chi connectivity index (χ0) is 26.6. The summed E-state index contributed by atoms with van der Waals surface area (Å²) < 4.78 is 28.6. The van der Waals surface area contributed by atoms with Gasteiger partial charge in [0, 0.05) is 44.7 Å². The second-order valence-corrected chi connectivity index (χ2v) is 12.6. The van der Waals surface area contributed by atoms with Crippen LogP contribution in [0.2, 0.25) is 5.02 Å². The second-order valence-electron chi connectivity index (χ2n) is 10.3. The van der Waals surface area contributed by atoms with Crippen LogP contribution in [0.5, 0.6) is 0 Å². The van der Waals surface area contributed by atoms with Crippen molar-refractivity contribution in [3.63, 3.8) is 0 Å². The van der Waals surface area contributed by atoms with E-state index in [4.69, 9.17) is 11.6 Å². The smallest absolute Gasteiger partial charge is 0.241 e. The lowest BCUT2D eigenvalue weighted by atomic mass is 9.65. The van der Waals surface area contributed by atoms with Gasteiger partial charge in [0.2, 0.25) is 21.8 Å². The fourth-order valence-electron chi connectivity index (χ4n) is 5.83. The summed E-state index contributed by atoms with van der Waals surface area (Å²) in [6.45, 7) is 4.86. The molecule has 2 aliphatic rings. The van der Waals surface area contributed by atoms with Crippen LogP contribution >= 0.6 is 11.6 Å². The summed E-state index contributed by atoms with van der Waals surface area (Å²) in [5.74, 6) is 0.277. The number of nitrogens with zero attached hydrogens (tertiary/aromatic N) is 5. The SMILES string of the molecule is CC(=O)N1CCC(C2(Cn3cncn3)CCN(C(=O)[C@H](Cc3ccc(Cl)cc3)NS(C)(=O)=O)CC2)CC1. The van der Waals surface area contributed by atoms with Gasteiger partial charge in [-0.25, -0.2) is 18.1 Å². The van der Waals surface area contributed by atoms with E-state index in [1.54, 1.807) is 42.4 Å².